The molecule has 0 aromatic carbocycles. The molecule has 0 unspecified atom stereocenters. The van der Waals surface area contributed by atoms with Gasteiger partial charge < -0.3 is 10.1 Å². The summed E-state index contributed by atoms with van der Waals surface area (Å²) in [6, 6.07) is 7.88. The minimum Gasteiger partial charge on any atom is -0.464 e. The van der Waals surface area contributed by atoms with E-state index in [0.717, 1.165) is 0 Å². The zero-order chi connectivity index (χ0) is 13.7. The molecule has 6 heteroatoms. The first kappa shape index (κ1) is 12.7. The summed E-state index contributed by atoms with van der Waals surface area (Å²) in [5.74, 6) is -0.990. The van der Waals surface area contributed by atoms with Gasteiger partial charge in [0.15, 0.2) is 0 Å². The van der Waals surface area contributed by atoms with Gasteiger partial charge in [-0.2, -0.15) is 0 Å². The predicted octanol–water partition coefficient (Wildman–Crippen LogP) is 1.52. The molecule has 2 heterocycles. The highest BCUT2D eigenvalue weighted by molar-refractivity contribution is 6.03. The van der Waals surface area contributed by atoms with Gasteiger partial charge in [-0.25, -0.2) is 9.78 Å². The number of pyridine rings is 2. The molecule has 19 heavy (non-hydrogen) atoms. The van der Waals surface area contributed by atoms with Crippen LogP contribution in [0.5, 0.6) is 0 Å². The molecular weight excluding hydrogens is 246 g/mol. The molecule has 1 N–H and O–H groups in total. The first-order chi connectivity index (χ1) is 9.20. The van der Waals surface area contributed by atoms with Crippen LogP contribution in [0.4, 0.5) is 5.69 Å². The van der Waals surface area contributed by atoms with Crippen molar-refractivity contribution in [2.24, 2.45) is 0 Å². The van der Waals surface area contributed by atoms with Crippen molar-refractivity contribution < 1.29 is 14.3 Å². The number of aromatic nitrogens is 2. The molecule has 0 fully saturated rings. The number of anilines is 1. The Balaban J connectivity index is 2.18. The number of methoxy groups -OCH3 is 1. The number of carbonyl (C=O) groups is 2. The standard InChI is InChI=1S/C13H11N3O3/c1-19-13(18)11-4-2-3-10(16-11)12(17)15-9-5-7-14-8-6-9/h2-8H,1H3,(H,14,15,17). The fourth-order valence-corrected chi connectivity index (χ4v) is 1.41. The van der Waals surface area contributed by atoms with E-state index in [9.17, 15) is 9.59 Å². The molecule has 0 atom stereocenters. The Kier molecular flexibility index (Phi) is 3.82. The van der Waals surface area contributed by atoms with Crippen LogP contribution < -0.4 is 5.32 Å². The second-order valence-electron chi connectivity index (χ2n) is 3.59. The van der Waals surface area contributed by atoms with Gasteiger partial charge in [0, 0.05) is 18.1 Å². The Morgan fingerprint density at radius 1 is 1.11 bits per heavy atom. The summed E-state index contributed by atoms with van der Waals surface area (Å²) in [5.41, 5.74) is 0.829. The lowest BCUT2D eigenvalue weighted by Gasteiger charge is -2.05. The first-order valence-electron chi connectivity index (χ1n) is 5.47. The molecule has 2 rings (SSSR count). The zero-order valence-electron chi connectivity index (χ0n) is 10.2. The van der Waals surface area contributed by atoms with Gasteiger partial charge in [0.05, 0.1) is 7.11 Å². The van der Waals surface area contributed by atoms with Crippen LogP contribution in [0, 0.1) is 0 Å². The fraction of sp³-hybridized carbons (Fsp3) is 0.0769. The summed E-state index contributed by atoms with van der Waals surface area (Å²) >= 11 is 0. The van der Waals surface area contributed by atoms with Crippen molar-refractivity contribution in [1.82, 2.24) is 9.97 Å². The van der Waals surface area contributed by atoms with E-state index in [1.54, 1.807) is 30.6 Å². The lowest BCUT2D eigenvalue weighted by Crippen LogP contribution is -2.15. The molecule has 2 aromatic rings. The third-order valence-corrected chi connectivity index (χ3v) is 2.31. The Morgan fingerprint density at radius 2 is 1.79 bits per heavy atom. The Morgan fingerprint density at radius 3 is 2.47 bits per heavy atom. The second-order valence-corrected chi connectivity index (χ2v) is 3.59. The van der Waals surface area contributed by atoms with E-state index in [0.29, 0.717) is 5.69 Å². The molecule has 0 radical (unpaired) electrons. The summed E-state index contributed by atoms with van der Waals surface area (Å²) in [4.78, 5) is 31.0. The van der Waals surface area contributed by atoms with Crippen molar-refractivity contribution in [3.8, 4) is 0 Å². The van der Waals surface area contributed by atoms with Gasteiger partial charge in [-0.05, 0) is 24.3 Å². The Bertz CT molecular complexity index is 599. The first-order valence-corrected chi connectivity index (χ1v) is 5.47. The van der Waals surface area contributed by atoms with Gasteiger partial charge in [0.2, 0.25) is 0 Å². The molecule has 6 nitrogen and oxygen atoms in total. The van der Waals surface area contributed by atoms with E-state index in [1.807, 2.05) is 0 Å². The quantitative estimate of drug-likeness (QED) is 0.843. The van der Waals surface area contributed by atoms with Gasteiger partial charge in [-0.1, -0.05) is 6.07 Å². The number of ether oxygens (including phenoxy) is 1. The molecule has 0 aliphatic rings. The number of carbonyl (C=O) groups excluding carboxylic acids is 2. The van der Waals surface area contributed by atoms with Crippen molar-refractivity contribution in [3.63, 3.8) is 0 Å². The number of hydrogen-bond acceptors (Lipinski definition) is 5. The number of amides is 1. The van der Waals surface area contributed by atoms with Gasteiger partial charge >= 0.3 is 5.97 Å². The normalized spacial score (nSPS) is 9.74. The second kappa shape index (κ2) is 5.72. The van der Waals surface area contributed by atoms with Crippen LogP contribution >= 0.6 is 0 Å². The maximum absolute atomic E-state index is 11.9. The topological polar surface area (TPSA) is 81.2 Å². The molecule has 2 aromatic heterocycles. The molecule has 1 amide bonds. The molecule has 0 saturated heterocycles. The lowest BCUT2D eigenvalue weighted by atomic mass is 10.3. The maximum atomic E-state index is 11.9. The third kappa shape index (κ3) is 3.12. The SMILES string of the molecule is COC(=O)c1cccc(C(=O)Nc2ccncc2)n1. The number of nitrogens with zero attached hydrogens (tertiary/aromatic N) is 2. The van der Waals surface area contributed by atoms with Crippen molar-refractivity contribution in [2.45, 2.75) is 0 Å². The monoisotopic (exact) mass is 257 g/mol. The van der Waals surface area contributed by atoms with E-state index < -0.39 is 11.9 Å². The average molecular weight is 257 g/mol. The van der Waals surface area contributed by atoms with Crippen LogP contribution in [-0.4, -0.2) is 29.0 Å². The smallest absolute Gasteiger partial charge is 0.356 e. The highest BCUT2D eigenvalue weighted by Crippen LogP contribution is 2.07. The Labute approximate surface area is 109 Å². The number of hydrogen-bond donors (Lipinski definition) is 1. The Hall–Kier alpha value is -2.76. The van der Waals surface area contributed by atoms with Crippen molar-refractivity contribution in [2.75, 3.05) is 12.4 Å². The molecule has 0 spiro atoms. The van der Waals surface area contributed by atoms with Crippen LogP contribution in [0.15, 0.2) is 42.7 Å². The molecule has 0 aliphatic carbocycles. The van der Waals surface area contributed by atoms with Crippen molar-refractivity contribution >= 4 is 17.6 Å². The van der Waals surface area contributed by atoms with E-state index in [4.69, 9.17) is 0 Å². The summed E-state index contributed by atoms with van der Waals surface area (Å²) in [7, 11) is 1.26. The summed E-state index contributed by atoms with van der Waals surface area (Å²) in [6.45, 7) is 0. The minimum atomic E-state index is -0.585. The molecule has 0 aliphatic heterocycles. The number of esters is 1. The maximum Gasteiger partial charge on any atom is 0.356 e. The van der Waals surface area contributed by atoms with Gasteiger partial charge in [0.1, 0.15) is 11.4 Å². The summed E-state index contributed by atoms with van der Waals surface area (Å²) < 4.78 is 4.55. The third-order valence-electron chi connectivity index (χ3n) is 2.31. The molecule has 0 bridgehead atoms. The van der Waals surface area contributed by atoms with Crippen LogP contribution in [0.3, 0.4) is 0 Å². The van der Waals surface area contributed by atoms with Crippen molar-refractivity contribution in [3.05, 3.63) is 54.1 Å². The van der Waals surface area contributed by atoms with Crippen LogP contribution in [-0.2, 0) is 4.74 Å². The van der Waals surface area contributed by atoms with E-state index in [1.165, 1.54) is 19.2 Å². The van der Waals surface area contributed by atoms with E-state index in [-0.39, 0.29) is 11.4 Å². The molecule has 0 saturated carbocycles. The van der Waals surface area contributed by atoms with Crippen molar-refractivity contribution in [1.29, 1.82) is 0 Å². The van der Waals surface area contributed by atoms with Crippen LogP contribution in [0.25, 0.3) is 0 Å². The molecular formula is C13H11N3O3. The number of nitrogens with one attached hydrogen (secondary N) is 1. The van der Waals surface area contributed by atoms with Gasteiger partial charge in [-0.3, -0.25) is 9.78 Å². The summed E-state index contributed by atoms with van der Waals surface area (Å²) in [6.07, 6.45) is 3.13. The van der Waals surface area contributed by atoms with Crippen LogP contribution in [0.2, 0.25) is 0 Å². The average Bonchev–Trinajstić information content (AvgIpc) is 2.47. The number of rotatable bonds is 3. The lowest BCUT2D eigenvalue weighted by molar-refractivity contribution is 0.0594. The molecule has 96 valence electrons. The fourth-order valence-electron chi connectivity index (χ4n) is 1.41. The minimum absolute atomic E-state index is 0.0879. The van der Waals surface area contributed by atoms with E-state index in [2.05, 4.69) is 20.0 Å². The van der Waals surface area contributed by atoms with E-state index >= 15 is 0 Å². The summed E-state index contributed by atoms with van der Waals surface area (Å²) in [5, 5.41) is 2.65. The predicted molar refractivity (Wildman–Crippen MR) is 67.8 cm³/mol. The largest absolute Gasteiger partial charge is 0.464 e. The zero-order valence-corrected chi connectivity index (χ0v) is 10.2. The van der Waals surface area contributed by atoms with Crippen LogP contribution in [0.1, 0.15) is 21.0 Å². The highest BCUT2D eigenvalue weighted by Gasteiger charge is 2.12. The van der Waals surface area contributed by atoms with Gasteiger partial charge in [-0.15, -0.1) is 0 Å². The highest BCUT2D eigenvalue weighted by atomic mass is 16.5. The van der Waals surface area contributed by atoms with Gasteiger partial charge in [0.25, 0.3) is 5.91 Å².